The molecule has 1 rings (SSSR count). The minimum absolute atomic E-state index is 0.0205. The Morgan fingerprint density at radius 2 is 1.82 bits per heavy atom. The molecule has 0 aliphatic rings. The van der Waals surface area contributed by atoms with Gasteiger partial charge in [-0.25, -0.2) is 0 Å². The summed E-state index contributed by atoms with van der Waals surface area (Å²) in [4.78, 5) is 11.5. The maximum atomic E-state index is 11.9. The van der Waals surface area contributed by atoms with Crippen LogP contribution in [-0.2, 0) is 22.7 Å². The molecule has 22 heavy (non-hydrogen) atoms. The van der Waals surface area contributed by atoms with E-state index >= 15 is 0 Å². The molecular weight excluding hydrogens is 297 g/mol. The molecule has 1 amide bonds. The van der Waals surface area contributed by atoms with Crippen molar-refractivity contribution in [3.05, 3.63) is 35.4 Å². The van der Waals surface area contributed by atoms with Gasteiger partial charge in [-0.2, -0.15) is 13.2 Å². The smallest absolute Gasteiger partial charge is 0.367 e. The second-order valence-electron chi connectivity index (χ2n) is 4.91. The fourth-order valence-electron chi connectivity index (χ4n) is 1.75. The molecule has 0 saturated carbocycles. The van der Waals surface area contributed by atoms with Gasteiger partial charge in [0.1, 0.15) is 6.61 Å². The van der Waals surface area contributed by atoms with E-state index in [9.17, 15) is 18.0 Å². The fraction of sp³-hybridized carbons (Fsp3) is 0.533. The summed E-state index contributed by atoms with van der Waals surface area (Å²) in [6.45, 7) is -0.143. The predicted octanol–water partition coefficient (Wildman–Crippen LogP) is 2.38. The third kappa shape index (κ3) is 8.63. The lowest BCUT2D eigenvalue weighted by atomic mass is 10.1. The quantitative estimate of drug-likeness (QED) is 0.687. The van der Waals surface area contributed by atoms with Crippen LogP contribution in [-0.4, -0.2) is 32.3 Å². The Bertz CT molecular complexity index is 447. The van der Waals surface area contributed by atoms with Gasteiger partial charge in [-0.05, 0) is 31.1 Å². The Morgan fingerprint density at radius 1 is 1.18 bits per heavy atom. The van der Waals surface area contributed by atoms with Crippen LogP contribution in [0.25, 0.3) is 0 Å². The van der Waals surface area contributed by atoms with E-state index in [1.807, 2.05) is 7.05 Å². The number of benzene rings is 1. The van der Waals surface area contributed by atoms with Gasteiger partial charge < -0.3 is 15.4 Å². The molecule has 0 saturated heterocycles. The SMILES string of the molecule is CNCCCC(=O)NCc1ccc(COCC(F)(F)F)cc1. The summed E-state index contributed by atoms with van der Waals surface area (Å²) < 4.78 is 40.4. The number of rotatable bonds is 9. The second-order valence-corrected chi connectivity index (χ2v) is 4.91. The molecule has 1 aromatic carbocycles. The summed E-state index contributed by atoms with van der Waals surface area (Å²) >= 11 is 0. The molecular formula is C15H21F3N2O2. The molecule has 0 fully saturated rings. The Labute approximate surface area is 128 Å². The van der Waals surface area contributed by atoms with Gasteiger partial charge in [0.25, 0.3) is 0 Å². The van der Waals surface area contributed by atoms with Crippen LogP contribution in [0.1, 0.15) is 24.0 Å². The molecule has 0 unspecified atom stereocenters. The van der Waals surface area contributed by atoms with Crippen molar-refractivity contribution in [3.8, 4) is 0 Å². The maximum Gasteiger partial charge on any atom is 0.411 e. The molecule has 0 atom stereocenters. The first-order valence-electron chi connectivity index (χ1n) is 7.04. The summed E-state index contributed by atoms with van der Waals surface area (Å²) in [5, 5.41) is 5.76. The summed E-state index contributed by atoms with van der Waals surface area (Å²) in [5.74, 6) is -0.0205. The lowest BCUT2D eigenvalue weighted by Crippen LogP contribution is -2.23. The van der Waals surface area contributed by atoms with Gasteiger partial charge in [0.05, 0.1) is 6.61 Å². The highest BCUT2D eigenvalue weighted by molar-refractivity contribution is 5.75. The first-order valence-corrected chi connectivity index (χ1v) is 7.04. The van der Waals surface area contributed by atoms with Gasteiger partial charge in [-0.1, -0.05) is 24.3 Å². The molecule has 0 aliphatic carbocycles. The number of carbonyl (C=O) groups excluding carboxylic acids is 1. The van der Waals surface area contributed by atoms with Gasteiger partial charge in [-0.3, -0.25) is 4.79 Å². The molecule has 0 bridgehead atoms. The lowest BCUT2D eigenvalue weighted by Gasteiger charge is -2.09. The second kappa shape index (κ2) is 9.42. The number of halogens is 3. The van der Waals surface area contributed by atoms with E-state index in [1.165, 1.54) is 0 Å². The summed E-state index contributed by atoms with van der Waals surface area (Å²) in [5.41, 5.74) is 1.55. The number of hydrogen-bond acceptors (Lipinski definition) is 3. The van der Waals surface area contributed by atoms with E-state index in [-0.39, 0.29) is 12.5 Å². The Kier molecular flexibility index (Phi) is 7.90. The molecule has 7 heteroatoms. The summed E-state index contributed by atoms with van der Waals surface area (Å²) in [6, 6.07) is 6.91. The Hall–Kier alpha value is -1.60. The van der Waals surface area contributed by atoms with E-state index in [2.05, 4.69) is 15.4 Å². The molecule has 0 radical (unpaired) electrons. The van der Waals surface area contributed by atoms with Crippen molar-refractivity contribution in [1.29, 1.82) is 0 Å². The molecule has 0 spiro atoms. The molecule has 2 N–H and O–H groups in total. The Balaban J connectivity index is 2.28. The summed E-state index contributed by atoms with van der Waals surface area (Å²) in [7, 11) is 1.83. The van der Waals surface area contributed by atoms with Crippen molar-refractivity contribution in [2.75, 3.05) is 20.2 Å². The average molecular weight is 318 g/mol. The maximum absolute atomic E-state index is 11.9. The average Bonchev–Trinajstić information content (AvgIpc) is 2.45. The van der Waals surface area contributed by atoms with Gasteiger partial charge >= 0.3 is 6.18 Å². The van der Waals surface area contributed by atoms with Crippen molar-refractivity contribution < 1.29 is 22.7 Å². The highest BCUT2D eigenvalue weighted by Crippen LogP contribution is 2.15. The third-order valence-corrected chi connectivity index (χ3v) is 2.88. The molecule has 124 valence electrons. The van der Waals surface area contributed by atoms with Crippen LogP contribution in [0.5, 0.6) is 0 Å². The molecule has 1 aromatic rings. The van der Waals surface area contributed by atoms with Gasteiger partial charge in [-0.15, -0.1) is 0 Å². The number of ether oxygens (including phenoxy) is 1. The monoisotopic (exact) mass is 318 g/mol. The zero-order valence-electron chi connectivity index (χ0n) is 12.5. The zero-order valence-corrected chi connectivity index (χ0v) is 12.5. The van der Waals surface area contributed by atoms with E-state index in [0.29, 0.717) is 18.5 Å². The van der Waals surface area contributed by atoms with Crippen molar-refractivity contribution in [1.82, 2.24) is 10.6 Å². The lowest BCUT2D eigenvalue weighted by molar-refractivity contribution is -0.176. The van der Waals surface area contributed by atoms with Crippen LogP contribution >= 0.6 is 0 Å². The zero-order chi connectivity index (χ0) is 16.4. The third-order valence-electron chi connectivity index (χ3n) is 2.88. The van der Waals surface area contributed by atoms with Crippen LogP contribution in [0, 0.1) is 0 Å². The molecule has 4 nitrogen and oxygen atoms in total. The normalized spacial score (nSPS) is 11.5. The van der Waals surface area contributed by atoms with Crippen molar-refractivity contribution in [2.24, 2.45) is 0 Å². The minimum Gasteiger partial charge on any atom is -0.367 e. The van der Waals surface area contributed by atoms with E-state index in [4.69, 9.17) is 0 Å². The van der Waals surface area contributed by atoms with Crippen molar-refractivity contribution in [3.63, 3.8) is 0 Å². The van der Waals surface area contributed by atoms with Gasteiger partial charge in [0.15, 0.2) is 0 Å². The number of nitrogens with one attached hydrogen (secondary N) is 2. The number of alkyl halides is 3. The molecule has 0 heterocycles. The number of hydrogen-bond donors (Lipinski definition) is 2. The number of carbonyl (C=O) groups is 1. The highest BCUT2D eigenvalue weighted by Gasteiger charge is 2.27. The van der Waals surface area contributed by atoms with Crippen LogP contribution in [0.15, 0.2) is 24.3 Å². The number of amides is 1. The molecule has 0 aromatic heterocycles. The predicted molar refractivity (Wildman–Crippen MR) is 77.2 cm³/mol. The van der Waals surface area contributed by atoms with Gasteiger partial charge in [0.2, 0.25) is 5.91 Å². The van der Waals surface area contributed by atoms with Crippen LogP contribution in [0.2, 0.25) is 0 Å². The largest absolute Gasteiger partial charge is 0.411 e. The van der Waals surface area contributed by atoms with E-state index < -0.39 is 12.8 Å². The highest BCUT2D eigenvalue weighted by atomic mass is 19.4. The van der Waals surface area contributed by atoms with Crippen LogP contribution < -0.4 is 10.6 Å². The van der Waals surface area contributed by atoms with Crippen molar-refractivity contribution >= 4 is 5.91 Å². The summed E-state index contributed by atoms with van der Waals surface area (Å²) in [6.07, 6.45) is -3.07. The minimum atomic E-state index is -4.31. The van der Waals surface area contributed by atoms with Crippen LogP contribution in [0.4, 0.5) is 13.2 Å². The standard InChI is InChI=1S/C15H21F3N2O2/c1-19-8-2-3-14(21)20-9-12-4-6-13(7-5-12)10-22-11-15(16,17)18/h4-7,19H,2-3,8-11H2,1H3,(H,20,21). The first kappa shape index (κ1) is 18.4. The van der Waals surface area contributed by atoms with Crippen molar-refractivity contribution in [2.45, 2.75) is 32.2 Å². The first-order chi connectivity index (χ1) is 10.4. The van der Waals surface area contributed by atoms with Crippen LogP contribution in [0.3, 0.4) is 0 Å². The fourth-order valence-corrected chi connectivity index (χ4v) is 1.75. The van der Waals surface area contributed by atoms with Gasteiger partial charge in [0, 0.05) is 13.0 Å². The van der Waals surface area contributed by atoms with E-state index in [1.54, 1.807) is 24.3 Å². The Morgan fingerprint density at radius 3 is 2.41 bits per heavy atom. The van der Waals surface area contributed by atoms with E-state index in [0.717, 1.165) is 18.5 Å². The topological polar surface area (TPSA) is 50.4 Å². The molecule has 0 aliphatic heterocycles.